The van der Waals surface area contributed by atoms with Crippen molar-refractivity contribution in [3.8, 4) is 0 Å². The highest BCUT2D eigenvalue weighted by Crippen LogP contribution is 2.14. The quantitative estimate of drug-likeness (QED) is 0.867. The van der Waals surface area contributed by atoms with Gasteiger partial charge in [-0.05, 0) is 43.7 Å². The predicted molar refractivity (Wildman–Crippen MR) is 96.1 cm³/mol. The molecule has 0 spiro atoms. The van der Waals surface area contributed by atoms with Crippen LogP contribution in [0.3, 0.4) is 0 Å². The minimum atomic E-state index is -0.0236. The van der Waals surface area contributed by atoms with Crippen molar-refractivity contribution >= 4 is 17.5 Å². The van der Waals surface area contributed by atoms with E-state index in [1.54, 1.807) is 24.3 Å². The molecule has 1 unspecified atom stereocenters. The molecule has 1 aromatic carbocycles. The van der Waals surface area contributed by atoms with E-state index in [2.05, 4.69) is 36.0 Å². The summed E-state index contributed by atoms with van der Waals surface area (Å²) in [7, 11) is 2.16. The highest BCUT2D eigenvalue weighted by molar-refractivity contribution is 6.30. The fraction of sp³-hybridized carbons (Fsp3) is 0.611. The molecule has 128 valence electrons. The van der Waals surface area contributed by atoms with Gasteiger partial charge < -0.3 is 10.2 Å². The van der Waals surface area contributed by atoms with Gasteiger partial charge in [0.1, 0.15) is 0 Å². The Bertz CT molecular complexity index is 495. The number of amides is 1. The number of piperazine rings is 1. The second kappa shape index (κ2) is 8.67. The van der Waals surface area contributed by atoms with Gasteiger partial charge in [-0.15, -0.1) is 0 Å². The third-order valence-corrected chi connectivity index (χ3v) is 4.65. The van der Waals surface area contributed by atoms with E-state index >= 15 is 0 Å². The van der Waals surface area contributed by atoms with E-state index in [4.69, 9.17) is 11.6 Å². The molecular weight excluding hydrogens is 310 g/mol. The van der Waals surface area contributed by atoms with E-state index in [-0.39, 0.29) is 5.91 Å². The molecule has 0 bridgehead atoms. The summed E-state index contributed by atoms with van der Waals surface area (Å²) >= 11 is 5.87. The number of carbonyl (C=O) groups is 1. The molecule has 1 saturated heterocycles. The molecule has 0 aliphatic carbocycles. The van der Waals surface area contributed by atoms with Crippen molar-refractivity contribution < 1.29 is 4.79 Å². The van der Waals surface area contributed by atoms with E-state index in [0.717, 1.165) is 32.6 Å². The van der Waals surface area contributed by atoms with Crippen LogP contribution in [0.15, 0.2) is 24.3 Å². The number of carbonyl (C=O) groups excluding carboxylic acids is 1. The lowest BCUT2D eigenvalue weighted by atomic mass is 10.0. The first-order chi connectivity index (χ1) is 11.0. The molecule has 1 fully saturated rings. The molecule has 1 amide bonds. The van der Waals surface area contributed by atoms with Gasteiger partial charge in [0.05, 0.1) is 0 Å². The largest absolute Gasteiger partial charge is 0.350 e. The summed E-state index contributed by atoms with van der Waals surface area (Å²) in [4.78, 5) is 17.2. The molecule has 2 rings (SSSR count). The van der Waals surface area contributed by atoms with Crippen molar-refractivity contribution in [2.45, 2.75) is 26.3 Å². The van der Waals surface area contributed by atoms with Gasteiger partial charge in [-0.3, -0.25) is 9.69 Å². The summed E-state index contributed by atoms with van der Waals surface area (Å²) in [5.41, 5.74) is 0.663. The number of hydrogen-bond donors (Lipinski definition) is 1. The lowest BCUT2D eigenvalue weighted by Crippen LogP contribution is -2.52. The zero-order chi connectivity index (χ0) is 16.8. The van der Waals surface area contributed by atoms with Crippen molar-refractivity contribution in [1.29, 1.82) is 0 Å². The van der Waals surface area contributed by atoms with Crippen LogP contribution in [0.25, 0.3) is 0 Å². The predicted octanol–water partition coefficient (Wildman–Crippen LogP) is 2.73. The Kier molecular flexibility index (Phi) is 6.88. The summed E-state index contributed by atoms with van der Waals surface area (Å²) in [6.45, 7) is 9.52. The third-order valence-electron chi connectivity index (χ3n) is 4.40. The molecular formula is C18H28ClN3O. The van der Waals surface area contributed by atoms with Gasteiger partial charge in [-0.2, -0.15) is 0 Å². The molecule has 5 heteroatoms. The molecule has 1 atom stereocenters. The first-order valence-corrected chi connectivity index (χ1v) is 8.80. The lowest BCUT2D eigenvalue weighted by molar-refractivity contribution is 0.0850. The van der Waals surface area contributed by atoms with E-state index < -0.39 is 0 Å². The lowest BCUT2D eigenvalue weighted by Gasteiger charge is -2.38. The molecule has 0 aromatic heterocycles. The normalized spacial score (nSPS) is 18.1. The van der Waals surface area contributed by atoms with Crippen LogP contribution in [-0.2, 0) is 0 Å². The maximum Gasteiger partial charge on any atom is 0.251 e. The second-order valence-electron chi connectivity index (χ2n) is 6.84. The van der Waals surface area contributed by atoms with Crippen molar-refractivity contribution in [2.24, 2.45) is 5.92 Å². The fourth-order valence-electron chi connectivity index (χ4n) is 3.01. The van der Waals surface area contributed by atoms with Crippen molar-refractivity contribution in [1.82, 2.24) is 15.1 Å². The molecule has 1 aromatic rings. The molecule has 4 nitrogen and oxygen atoms in total. The Morgan fingerprint density at radius 3 is 2.35 bits per heavy atom. The van der Waals surface area contributed by atoms with Gasteiger partial charge in [-0.1, -0.05) is 25.4 Å². The van der Waals surface area contributed by atoms with Crippen molar-refractivity contribution in [3.05, 3.63) is 34.9 Å². The van der Waals surface area contributed by atoms with E-state index in [9.17, 15) is 4.79 Å². The molecule has 1 aliphatic heterocycles. The first-order valence-electron chi connectivity index (χ1n) is 8.42. The molecule has 1 heterocycles. The van der Waals surface area contributed by atoms with Gasteiger partial charge in [0.2, 0.25) is 0 Å². The number of hydrogen-bond acceptors (Lipinski definition) is 3. The Balaban J connectivity index is 1.92. The minimum absolute atomic E-state index is 0.0236. The van der Waals surface area contributed by atoms with E-state index in [1.165, 1.54) is 0 Å². The number of benzene rings is 1. The monoisotopic (exact) mass is 337 g/mol. The van der Waals surface area contributed by atoms with Crippen LogP contribution in [0, 0.1) is 5.92 Å². The topological polar surface area (TPSA) is 35.6 Å². The zero-order valence-electron chi connectivity index (χ0n) is 14.4. The number of likely N-dealkylation sites (N-methyl/N-ethyl adjacent to an activating group) is 1. The van der Waals surface area contributed by atoms with Crippen LogP contribution in [0.5, 0.6) is 0 Å². The Morgan fingerprint density at radius 2 is 1.78 bits per heavy atom. The summed E-state index contributed by atoms with van der Waals surface area (Å²) < 4.78 is 0. The fourth-order valence-corrected chi connectivity index (χ4v) is 3.13. The number of nitrogens with one attached hydrogen (secondary N) is 1. The van der Waals surface area contributed by atoms with Crippen LogP contribution >= 0.6 is 11.6 Å². The maximum atomic E-state index is 12.3. The van der Waals surface area contributed by atoms with Crippen molar-refractivity contribution in [2.75, 3.05) is 39.8 Å². The summed E-state index contributed by atoms with van der Waals surface area (Å²) in [5, 5.41) is 3.74. The van der Waals surface area contributed by atoms with Crippen LogP contribution in [0.2, 0.25) is 5.02 Å². The summed E-state index contributed by atoms with van der Waals surface area (Å²) in [5.74, 6) is 0.594. The molecule has 0 radical (unpaired) electrons. The standard InChI is InChI=1S/C18H28ClN3O/c1-14(2)12-17(22-10-8-21(3)9-11-22)13-20-18(23)15-4-6-16(19)7-5-15/h4-7,14,17H,8-13H2,1-3H3,(H,20,23). The van der Waals surface area contributed by atoms with E-state index in [1.807, 2.05) is 0 Å². The average molecular weight is 338 g/mol. The van der Waals surface area contributed by atoms with Gasteiger partial charge in [0.15, 0.2) is 0 Å². The minimum Gasteiger partial charge on any atom is -0.350 e. The molecule has 1 aliphatic rings. The van der Waals surface area contributed by atoms with Crippen LogP contribution < -0.4 is 5.32 Å². The first kappa shape index (κ1) is 18.2. The van der Waals surface area contributed by atoms with Gasteiger partial charge >= 0.3 is 0 Å². The smallest absolute Gasteiger partial charge is 0.251 e. The van der Waals surface area contributed by atoms with Gasteiger partial charge in [0, 0.05) is 49.4 Å². The Hall–Kier alpha value is -1.10. The van der Waals surface area contributed by atoms with Crippen LogP contribution in [0.4, 0.5) is 0 Å². The molecule has 23 heavy (non-hydrogen) atoms. The average Bonchev–Trinajstić information content (AvgIpc) is 2.52. The number of halogens is 1. The van der Waals surface area contributed by atoms with Crippen LogP contribution in [0.1, 0.15) is 30.6 Å². The number of nitrogens with zero attached hydrogens (tertiary/aromatic N) is 2. The molecule has 1 N–H and O–H groups in total. The SMILES string of the molecule is CC(C)CC(CNC(=O)c1ccc(Cl)cc1)N1CCN(C)CC1. The number of rotatable bonds is 6. The zero-order valence-corrected chi connectivity index (χ0v) is 15.1. The van der Waals surface area contributed by atoms with Gasteiger partial charge in [0.25, 0.3) is 5.91 Å². The molecule has 0 saturated carbocycles. The highest BCUT2D eigenvalue weighted by Gasteiger charge is 2.23. The summed E-state index contributed by atoms with van der Waals surface area (Å²) in [6, 6.07) is 7.45. The van der Waals surface area contributed by atoms with E-state index in [0.29, 0.717) is 29.1 Å². The van der Waals surface area contributed by atoms with Gasteiger partial charge in [-0.25, -0.2) is 0 Å². The Labute approximate surface area is 144 Å². The third kappa shape index (κ3) is 5.79. The summed E-state index contributed by atoms with van der Waals surface area (Å²) in [6.07, 6.45) is 1.10. The Morgan fingerprint density at radius 1 is 1.17 bits per heavy atom. The highest BCUT2D eigenvalue weighted by atomic mass is 35.5. The van der Waals surface area contributed by atoms with Crippen LogP contribution in [-0.4, -0.2) is 61.5 Å². The van der Waals surface area contributed by atoms with Crippen molar-refractivity contribution in [3.63, 3.8) is 0 Å². The maximum absolute atomic E-state index is 12.3. The second-order valence-corrected chi connectivity index (χ2v) is 7.28.